The van der Waals surface area contributed by atoms with Gasteiger partial charge in [0.2, 0.25) is 0 Å². The Bertz CT molecular complexity index is 110. The molecule has 12 heavy (non-hydrogen) atoms. The van der Waals surface area contributed by atoms with Gasteiger partial charge < -0.3 is 4.90 Å². The van der Waals surface area contributed by atoms with Gasteiger partial charge in [-0.25, -0.2) is 0 Å². The third-order valence-electron chi connectivity index (χ3n) is 3.15. The van der Waals surface area contributed by atoms with Crippen molar-refractivity contribution >= 4 is 0 Å². The molecule has 1 rings (SSSR count). The van der Waals surface area contributed by atoms with Gasteiger partial charge in [0.15, 0.2) is 0 Å². The zero-order valence-corrected chi connectivity index (χ0v) is 8.55. The third kappa shape index (κ3) is 2.48. The molecule has 1 heteroatoms. The maximum Gasteiger partial charge on any atom is 0.00952 e. The molecule has 0 bridgehead atoms. The van der Waals surface area contributed by atoms with Gasteiger partial charge in [-0.1, -0.05) is 20.8 Å². The van der Waals surface area contributed by atoms with E-state index >= 15 is 0 Å². The van der Waals surface area contributed by atoms with Crippen molar-refractivity contribution in [2.75, 3.05) is 13.1 Å². The van der Waals surface area contributed by atoms with Crippen molar-refractivity contribution in [3.05, 3.63) is 6.92 Å². The Kier molecular flexibility index (Phi) is 4.07. The molecule has 0 aromatic heterocycles. The van der Waals surface area contributed by atoms with Crippen molar-refractivity contribution in [1.29, 1.82) is 0 Å². The van der Waals surface area contributed by atoms with Crippen LogP contribution < -0.4 is 0 Å². The van der Waals surface area contributed by atoms with E-state index in [1.807, 2.05) is 0 Å². The van der Waals surface area contributed by atoms with E-state index < -0.39 is 0 Å². The molecule has 1 radical (unpaired) electrons. The van der Waals surface area contributed by atoms with Crippen LogP contribution in [-0.4, -0.2) is 24.0 Å². The SMILES string of the molecule is [CH2]C1CCC(N(CC)CC)CC1. The van der Waals surface area contributed by atoms with E-state index in [-0.39, 0.29) is 0 Å². The first-order valence-corrected chi connectivity index (χ1v) is 5.35. The van der Waals surface area contributed by atoms with E-state index in [9.17, 15) is 0 Å². The van der Waals surface area contributed by atoms with Crippen LogP contribution in [0.5, 0.6) is 0 Å². The van der Waals surface area contributed by atoms with Crippen LogP contribution in [-0.2, 0) is 0 Å². The van der Waals surface area contributed by atoms with Crippen molar-refractivity contribution in [2.24, 2.45) is 5.92 Å². The van der Waals surface area contributed by atoms with Crippen molar-refractivity contribution in [3.8, 4) is 0 Å². The minimum atomic E-state index is 0.733. The summed E-state index contributed by atoms with van der Waals surface area (Å²) in [4.78, 5) is 2.59. The Hall–Kier alpha value is -0.0400. The Morgan fingerprint density at radius 2 is 1.58 bits per heavy atom. The minimum Gasteiger partial charge on any atom is -0.301 e. The Labute approximate surface area is 77.1 Å². The topological polar surface area (TPSA) is 3.24 Å². The average molecular weight is 168 g/mol. The summed E-state index contributed by atoms with van der Waals surface area (Å²) in [5.74, 6) is 0.733. The summed E-state index contributed by atoms with van der Waals surface area (Å²) >= 11 is 0. The second kappa shape index (κ2) is 4.86. The van der Waals surface area contributed by atoms with Gasteiger partial charge in [0.25, 0.3) is 0 Å². The van der Waals surface area contributed by atoms with Gasteiger partial charge in [0.1, 0.15) is 0 Å². The Morgan fingerprint density at radius 3 is 2.00 bits per heavy atom. The minimum absolute atomic E-state index is 0.733. The molecule has 0 heterocycles. The third-order valence-corrected chi connectivity index (χ3v) is 3.15. The summed E-state index contributed by atoms with van der Waals surface area (Å²) in [7, 11) is 0. The zero-order valence-electron chi connectivity index (χ0n) is 8.55. The molecule has 0 aromatic carbocycles. The Balaban J connectivity index is 2.32. The van der Waals surface area contributed by atoms with E-state index in [1.54, 1.807) is 0 Å². The maximum atomic E-state index is 4.12. The summed E-state index contributed by atoms with van der Waals surface area (Å²) in [5.41, 5.74) is 0. The van der Waals surface area contributed by atoms with Crippen molar-refractivity contribution in [3.63, 3.8) is 0 Å². The van der Waals surface area contributed by atoms with Crippen LogP contribution in [0.3, 0.4) is 0 Å². The molecule has 0 aliphatic heterocycles. The highest BCUT2D eigenvalue weighted by Gasteiger charge is 2.21. The first kappa shape index (κ1) is 10.0. The average Bonchev–Trinajstić information content (AvgIpc) is 2.10. The molecular weight excluding hydrogens is 146 g/mol. The lowest BCUT2D eigenvalue weighted by molar-refractivity contribution is 0.158. The molecule has 0 unspecified atom stereocenters. The highest BCUT2D eigenvalue weighted by molar-refractivity contribution is 4.79. The van der Waals surface area contributed by atoms with Gasteiger partial charge in [-0.2, -0.15) is 0 Å². The fraction of sp³-hybridized carbons (Fsp3) is 0.909. The molecule has 1 aliphatic carbocycles. The van der Waals surface area contributed by atoms with E-state index in [1.165, 1.54) is 38.8 Å². The molecule has 1 saturated carbocycles. The molecular formula is C11H22N. The van der Waals surface area contributed by atoms with E-state index in [0.717, 1.165) is 12.0 Å². The number of rotatable bonds is 3. The Morgan fingerprint density at radius 1 is 1.08 bits per heavy atom. The monoisotopic (exact) mass is 168 g/mol. The zero-order chi connectivity index (χ0) is 8.97. The number of hydrogen-bond acceptors (Lipinski definition) is 1. The summed E-state index contributed by atoms with van der Waals surface area (Å²) in [6.45, 7) is 11.1. The van der Waals surface area contributed by atoms with Gasteiger partial charge in [0, 0.05) is 6.04 Å². The first-order chi connectivity index (χ1) is 5.77. The highest BCUT2D eigenvalue weighted by atomic mass is 15.1. The van der Waals surface area contributed by atoms with Crippen LogP contribution in [0.1, 0.15) is 39.5 Å². The van der Waals surface area contributed by atoms with Gasteiger partial charge in [-0.3, -0.25) is 0 Å². The van der Waals surface area contributed by atoms with Gasteiger partial charge in [-0.05, 0) is 44.7 Å². The standard InChI is InChI=1S/C11H22N/c1-4-12(5-2)11-8-6-10(3)7-9-11/h10-11H,3-9H2,1-2H3. The van der Waals surface area contributed by atoms with Gasteiger partial charge in [-0.15, -0.1) is 0 Å². The normalized spacial score (nSPS) is 31.0. The highest BCUT2D eigenvalue weighted by Crippen LogP contribution is 2.26. The van der Waals surface area contributed by atoms with Crippen molar-refractivity contribution in [2.45, 2.75) is 45.6 Å². The molecule has 0 atom stereocenters. The van der Waals surface area contributed by atoms with Crippen LogP contribution in [0.2, 0.25) is 0 Å². The molecule has 0 aromatic rings. The lowest BCUT2D eigenvalue weighted by atomic mass is 9.86. The lowest BCUT2D eigenvalue weighted by Gasteiger charge is -2.34. The molecule has 1 fully saturated rings. The van der Waals surface area contributed by atoms with E-state index in [0.29, 0.717) is 0 Å². The number of nitrogens with zero attached hydrogens (tertiary/aromatic N) is 1. The van der Waals surface area contributed by atoms with Crippen LogP contribution in [0.15, 0.2) is 0 Å². The van der Waals surface area contributed by atoms with Crippen molar-refractivity contribution < 1.29 is 0 Å². The van der Waals surface area contributed by atoms with Gasteiger partial charge in [0.05, 0.1) is 0 Å². The molecule has 0 amide bonds. The molecule has 0 saturated heterocycles. The fourth-order valence-corrected chi connectivity index (χ4v) is 2.25. The predicted molar refractivity (Wildman–Crippen MR) is 54.0 cm³/mol. The second-order valence-corrected chi connectivity index (χ2v) is 3.90. The van der Waals surface area contributed by atoms with Crippen LogP contribution in [0.25, 0.3) is 0 Å². The summed E-state index contributed by atoms with van der Waals surface area (Å²) < 4.78 is 0. The summed E-state index contributed by atoms with van der Waals surface area (Å²) in [5, 5.41) is 0. The van der Waals surface area contributed by atoms with E-state index in [2.05, 4.69) is 25.7 Å². The van der Waals surface area contributed by atoms with E-state index in [4.69, 9.17) is 0 Å². The second-order valence-electron chi connectivity index (χ2n) is 3.90. The first-order valence-electron chi connectivity index (χ1n) is 5.35. The fourth-order valence-electron chi connectivity index (χ4n) is 2.25. The summed E-state index contributed by atoms with van der Waals surface area (Å²) in [6.07, 6.45) is 5.41. The lowest BCUT2D eigenvalue weighted by Crippen LogP contribution is -2.37. The molecule has 1 aliphatic rings. The molecule has 0 N–H and O–H groups in total. The van der Waals surface area contributed by atoms with Crippen LogP contribution >= 0.6 is 0 Å². The summed E-state index contributed by atoms with van der Waals surface area (Å²) in [6, 6.07) is 0.859. The quantitative estimate of drug-likeness (QED) is 0.626. The molecule has 71 valence electrons. The van der Waals surface area contributed by atoms with Crippen LogP contribution in [0.4, 0.5) is 0 Å². The molecule has 1 nitrogen and oxygen atoms in total. The number of hydrogen-bond donors (Lipinski definition) is 0. The predicted octanol–water partition coefficient (Wildman–Crippen LogP) is 2.72. The van der Waals surface area contributed by atoms with Crippen molar-refractivity contribution in [1.82, 2.24) is 4.90 Å². The van der Waals surface area contributed by atoms with Gasteiger partial charge >= 0.3 is 0 Å². The molecule has 0 spiro atoms. The smallest absolute Gasteiger partial charge is 0.00952 e. The van der Waals surface area contributed by atoms with Crippen LogP contribution in [0, 0.1) is 12.8 Å². The largest absolute Gasteiger partial charge is 0.301 e. The maximum absolute atomic E-state index is 4.12.